The van der Waals surface area contributed by atoms with Crippen LogP contribution in [0.2, 0.25) is 0 Å². The van der Waals surface area contributed by atoms with Crippen LogP contribution in [0.1, 0.15) is 55.5 Å². The Morgan fingerprint density at radius 2 is 0.795 bits per heavy atom. The van der Waals surface area contributed by atoms with Gasteiger partial charge in [0.2, 0.25) is 0 Å². The highest BCUT2D eigenvalue weighted by molar-refractivity contribution is 5.86. The van der Waals surface area contributed by atoms with Crippen LogP contribution >= 0.6 is 0 Å². The van der Waals surface area contributed by atoms with E-state index in [4.69, 9.17) is 0 Å². The molecular formula is C37H42N2. The Morgan fingerprint density at radius 3 is 1.15 bits per heavy atom. The molecule has 0 aromatic heterocycles. The highest BCUT2D eigenvalue weighted by Gasteiger charge is 2.10. The van der Waals surface area contributed by atoms with Crippen LogP contribution in [0.4, 0.5) is 11.4 Å². The maximum absolute atomic E-state index is 2.39. The number of allylic oxidation sites excluding steroid dienone is 2. The number of hydrogen-bond acceptors (Lipinski definition) is 2. The van der Waals surface area contributed by atoms with Gasteiger partial charge in [-0.3, -0.25) is 0 Å². The molecule has 0 amide bonds. The summed E-state index contributed by atoms with van der Waals surface area (Å²) >= 11 is 0. The maximum Gasteiger partial charge on any atom is 0.0366 e. The second-order valence-corrected chi connectivity index (χ2v) is 9.83. The van der Waals surface area contributed by atoms with Crippen LogP contribution in [-0.4, -0.2) is 26.2 Å². The zero-order valence-electron chi connectivity index (χ0n) is 24.2. The Balaban J connectivity index is 1.84. The van der Waals surface area contributed by atoms with Gasteiger partial charge in [-0.15, -0.1) is 0 Å². The van der Waals surface area contributed by atoms with Crippen molar-refractivity contribution in [2.45, 2.75) is 34.6 Å². The van der Waals surface area contributed by atoms with Crippen LogP contribution < -0.4 is 9.80 Å². The second kappa shape index (κ2) is 13.7. The first-order valence-electron chi connectivity index (χ1n) is 14.3. The number of aryl methyl sites for hydroxylation is 1. The molecule has 4 aromatic rings. The Kier molecular flexibility index (Phi) is 9.80. The molecule has 4 aromatic carbocycles. The Morgan fingerprint density at radius 1 is 0.462 bits per heavy atom. The van der Waals surface area contributed by atoms with Gasteiger partial charge in [-0.1, -0.05) is 96.6 Å². The number of benzene rings is 4. The molecule has 0 fully saturated rings. The third kappa shape index (κ3) is 6.89. The molecule has 200 valence electrons. The highest BCUT2D eigenvalue weighted by atomic mass is 15.1. The molecule has 0 aliphatic heterocycles. The molecule has 0 radical (unpaired) electrons. The highest BCUT2D eigenvalue weighted by Crippen LogP contribution is 2.30. The molecule has 0 aliphatic carbocycles. The summed E-state index contributed by atoms with van der Waals surface area (Å²) < 4.78 is 0. The molecule has 0 saturated heterocycles. The van der Waals surface area contributed by atoms with Crippen molar-refractivity contribution in [2.24, 2.45) is 0 Å². The summed E-state index contributed by atoms with van der Waals surface area (Å²) in [6.45, 7) is 15.0. The van der Waals surface area contributed by atoms with Gasteiger partial charge < -0.3 is 9.80 Å². The van der Waals surface area contributed by atoms with Crippen LogP contribution in [0.3, 0.4) is 0 Å². The van der Waals surface area contributed by atoms with Gasteiger partial charge in [0.1, 0.15) is 0 Å². The van der Waals surface area contributed by atoms with E-state index in [-0.39, 0.29) is 0 Å². The molecule has 0 N–H and O–H groups in total. The fourth-order valence-corrected chi connectivity index (χ4v) is 5.12. The Hall–Kier alpha value is -4.04. The van der Waals surface area contributed by atoms with Gasteiger partial charge in [-0.2, -0.15) is 0 Å². The largest absolute Gasteiger partial charge is 0.372 e. The van der Waals surface area contributed by atoms with Crippen LogP contribution in [0.15, 0.2) is 115 Å². The Labute approximate surface area is 235 Å². The molecular weight excluding hydrogens is 472 g/mol. The zero-order chi connectivity index (χ0) is 27.6. The van der Waals surface area contributed by atoms with Crippen molar-refractivity contribution in [1.29, 1.82) is 0 Å². The molecule has 0 saturated carbocycles. The fraction of sp³-hybridized carbons (Fsp3) is 0.243. The van der Waals surface area contributed by atoms with Gasteiger partial charge in [-0.25, -0.2) is 0 Å². The molecule has 2 nitrogen and oxygen atoms in total. The normalized spacial score (nSPS) is 11.3. The van der Waals surface area contributed by atoms with Crippen molar-refractivity contribution >= 4 is 22.5 Å². The van der Waals surface area contributed by atoms with Crippen LogP contribution in [0, 0.1) is 6.92 Å². The van der Waals surface area contributed by atoms with Crippen LogP contribution in [0.25, 0.3) is 11.1 Å². The van der Waals surface area contributed by atoms with E-state index in [9.17, 15) is 0 Å². The summed E-state index contributed by atoms with van der Waals surface area (Å²) in [5.41, 5.74) is 11.1. The third-order valence-corrected chi connectivity index (χ3v) is 7.48. The number of hydrogen-bond donors (Lipinski definition) is 0. The van der Waals surface area contributed by atoms with Crippen molar-refractivity contribution in [3.05, 3.63) is 143 Å². The first-order valence-corrected chi connectivity index (χ1v) is 14.3. The van der Waals surface area contributed by atoms with Crippen molar-refractivity contribution in [3.63, 3.8) is 0 Å². The number of rotatable bonds is 11. The molecule has 4 rings (SSSR count). The van der Waals surface area contributed by atoms with Crippen molar-refractivity contribution < 1.29 is 0 Å². The smallest absolute Gasteiger partial charge is 0.0366 e. The van der Waals surface area contributed by atoms with Gasteiger partial charge in [0.25, 0.3) is 0 Å². The van der Waals surface area contributed by atoms with E-state index >= 15 is 0 Å². The summed E-state index contributed by atoms with van der Waals surface area (Å²) in [5, 5.41) is 0. The van der Waals surface area contributed by atoms with Gasteiger partial charge in [0.05, 0.1) is 0 Å². The zero-order valence-corrected chi connectivity index (χ0v) is 24.2. The van der Waals surface area contributed by atoms with Crippen LogP contribution in [-0.2, 0) is 0 Å². The number of nitrogens with zero attached hydrogens (tertiary/aromatic N) is 2. The molecule has 2 heteroatoms. The fourth-order valence-electron chi connectivity index (χ4n) is 5.12. The predicted molar refractivity (Wildman–Crippen MR) is 172 cm³/mol. The van der Waals surface area contributed by atoms with E-state index < -0.39 is 0 Å². The summed E-state index contributed by atoms with van der Waals surface area (Å²) in [5.74, 6) is 0. The van der Waals surface area contributed by atoms with E-state index in [2.05, 4.69) is 160 Å². The minimum atomic E-state index is 1.01. The lowest BCUT2D eigenvalue weighted by Crippen LogP contribution is -2.21. The standard InChI is InChI=1S/C37H42N2/c1-6-38(7-2)34-23-19-32(20-24-34)37(33-21-25-35(26-22-33)39(8-3)9-4)28-27-36(30-13-11-10-12-14-30)31-17-15-29(5)16-18-31/h10-28H,6-9H2,1-5H3. The summed E-state index contributed by atoms with van der Waals surface area (Å²) in [4.78, 5) is 4.77. The van der Waals surface area contributed by atoms with Gasteiger partial charge in [0.15, 0.2) is 0 Å². The van der Waals surface area contributed by atoms with Crippen molar-refractivity contribution in [3.8, 4) is 0 Å². The SMILES string of the molecule is CCN(CC)c1ccc(C(=CC=C(c2ccccc2)c2ccc(C)cc2)c2ccc(N(CC)CC)cc2)cc1. The van der Waals surface area contributed by atoms with Gasteiger partial charge in [0, 0.05) is 37.6 Å². The average molecular weight is 515 g/mol. The lowest BCUT2D eigenvalue weighted by atomic mass is 9.93. The summed E-state index contributed by atoms with van der Waals surface area (Å²) in [6.07, 6.45) is 4.58. The maximum atomic E-state index is 2.39. The van der Waals surface area contributed by atoms with E-state index in [1.165, 1.54) is 50.3 Å². The number of anilines is 2. The van der Waals surface area contributed by atoms with Crippen LogP contribution in [0.5, 0.6) is 0 Å². The molecule has 39 heavy (non-hydrogen) atoms. The van der Waals surface area contributed by atoms with E-state index in [0.717, 1.165) is 26.2 Å². The van der Waals surface area contributed by atoms with E-state index in [1.807, 2.05) is 0 Å². The average Bonchev–Trinajstić information content (AvgIpc) is 2.99. The quantitative estimate of drug-likeness (QED) is 0.184. The second-order valence-electron chi connectivity index (χ2n) is 9.83. The minimum Gasteiger partial charge on any atom is -0.372 e. The lowest BCUT2D eigenvalue weighted by molar-refractivity contribution is 0.866. The molecule has 0 bridgehead atoms. The third-order valence-electron chi connectivity index (χ3n) is 7.48. The first kappa shape index (κ1) is 28.0. The molecule has 0 heterocycles. The van der Waals surface area contributed by atoms with Gasteiger partial charge >= 0.3 is 0 Å². The van der Waals surface area contributed by atoms with Crippen molar-refractivity contribution in [2.75, 3.05) is 36.0 Å². The molecule has 0 aliphatic rings. The molecule has 0 atom stereocenters. The topological polar surface area (TPSA) is 6.48 Å². The Bertz CT molecular complexity index is 1300. The predicted octanol–water partition coefficient (Wildman–Crippen LogP) is 9.25. The summed E-state index contributed by atoms with van der Waals surface area (Å²) in [6, 6.07) is 37.6. The summed E-state index contributed by atoms with van der Waals surface area (Å²) in [7, 11) is 0. The first-order chi connectivity index (χ1) is 19.1. The minimum absolute atomic E-state index is 1.01. The van der Waals surface area contributed by atoms with E-state index in [1.54, 1.807) is 0 Å². The molecule has 0 spiro atoms. The lowest BCUT2D eigenvalue weighted by Gasteiger charge is -2.22. The van der Waals surface area contributed by atoms with Gasteiger partial charge in [-0.05, 0) is 92.3 Å². The van der Waals surface area contributed by atoms with E-state index in [0.29, 0.717) is 0 Å². The van der Waals surface area contributed by atoms with Crippen molar-refractivity contribution in [1.82, 2.24) is 0 Å². The monoisotopic (exact) mass is 514 g/mol. The molecule has 0 unspecified atom stereocenters.